The van der Waals surface area contributed by atoms with Crippen molar-refractivity contribution in [1.29, 1.82) is 0 Å². The predicted octanol–water partition coefficient (Wildman–Crippen LogP) is 3.54. The van der Waals surface area contributed by atoms with Crippen LogP contribution >= 0.6 is 23.2 Å². The van der Waals surface area contributed by atoms with Crippen LogP contribution < -0.4 is 5.32 Å². The van der Waals surface area contributed by atoms with Gasteiger partial charge in [-0.3, -0.25) is 9.48 Å². The minimum atomic E-state index is -0.630. The predicted molar refractivity (Wildman–Crippen MR) is 97.8 cm³/mol. The molecular weight excluding hydrogens is 365 g/mol. The topological polar surface area (TPSA) is 73.2 Å². The van der Waals surface area contributed by atoms with Gasteiger partial charge in [0.05, 0.1) is 21.4 Å². The lowest BCUT2D eigenvalue weighted by molar-refractivity contribution is -0.142. The summed E-state index contributed by atoms with van der Waals surface area (Å²) >= 11 is 11.8. The van der Waals surface area contributed by atoms with Gasteiger partial charge >= 0.3 is 5.97 Å². The first-order valence-electron chi connectivity index (χ1n) is 7.38. The summed E-state index contributed by atoms with van der Waals surface area (Å²) in [6.45, 7) is 3.31. The van der Waals surface area contributed by atoms with Crippen LogP contribution in [0, 0.1) is 13.8 Å². The van der Waals surface area contributed by atoms with Crippen LogP contribution in [0.2, 0.25) is 10.0 Å². The Morgan fingerprint density at radius 3 is 2.68 bits per heavy atom. The number of rotatable bonds is 5. The highest BCUT2D eigenvalue weighted by Gasteiger charge is 2.11. The molecule has 0 radical (unpaired) electrons. The number of halogens is 2. The Balaban J connectivity index is 1.90. The molecule has 0 spiro atoms. The maximum Gasteiger partial charge on any atom is 0.331 e. The molecule has 2 rings (SSSR count). The maximum absolute atomic E-state index is 11.8. The fraction of sp³-hybridized carbons (Fsp3) is 0.235. The zero-order chi connectivity index (χ0) is 18.6. The van der Waals surface area contributed by atoms with Gasteiger partial charge in [-0.1, -0.05) is 29.3 Å². The Bertz CT molecular complexity index is 844. The quantitative estimate of drug-likeness (QED) is 0.634. The number of nitrogens with zero attached hydrogens (tertiary/aromatic N) is 2. The Morgan fingerprint density at radius 1 is 1.32 bits per heavy atom. The number of carbonyl (C=O) groups excluding carboxylic acids is 2. The average molecular weight is 382 g/mol. The molecule has 6 nitrogen and oxygen atoms in total. The van der Waals surface area contributed by atoms with Gasteiger partial charge in [0.1, 0.15) is 0 Å². The van der Waals surface area contributed by atoms with Crippen LogP contribution in [0.25, 0.3) is 6.08 Å². The van der Waals surface area contributed by atoms with Gasteiger partial charge in [0.15, 0.2) is 6.61 Å². The molecule has 0 fully saturated rings. The van der Waals surface area contributed by atoms with E-state index in [4.69, 9.17) is 27.9 Å². The molecule has 2 aromatic rings. The zero-order valence-electron chi connectivity index (χ0n) is 14.0. The Kier molecular flexibility index (Phi) is 6.22. The number of nitrogens with one attached hydrogen (secondary N) is 1. The molecular formula is C17H17Cl2N3O3. The van der Waals surface area contributed by atoms with Gasteiger partial charge in [-0.05, 0) is 32.1 Å². The van der Waals surface area contributed by atoms with Crippen LogP contribution in [0.15, 0.2) is 24.3 Å². The van der Waals surface area contributed by atoms with E-state index in [2.05, 4.69) is 10.4 Å². The van der Waals surface area contributed by atoms with Crippen molar-refractivity contribution in [1.82, 2.24) is 9.78 Å². The lowest BCUT2D eigenvalue weighted by Gasteiger charge is -2.08. The second kappa shape index (κ2) is 8.18. The molecule has 1 heterocycles. The number of benzene rings is 1. The third kappa shape index (κ3) is 4.84. The van der Waals surface area contributed by atoms with Gasteiger partial charge in [-0.2, -0.15) is 5.10 Å². The highest BCUT2D eigenvalue weighted by molar-refractivity contribution is 6.44. The molecule has 0 unspecified atom stereocenters. The third-order valence-corrected chi connectivity index (χ3v) is 4.34. The standard InChI is InChI=1S/C17H17Cl2N3O3/c1-10-12(11(2)22(3)21-10)7-8-16(24)25-9-15(23)20-14-6-4-5-13(18)17(14)19/h4-8H,9H2,1-3H3,(H,20,23)/b8-7+. The van der Waals surface area contributed by atoms with Crippen molar-refractivity contribution in [2.45, 2.75) is 13.8 Å². The largest absolute Gasteiger partial charge is 0.452 e. The lowest BCUT2D eigenvalue weighted by atomic mass is 10.2. The second-order valence-electron chi connectivity index (χ2n) is 5.30. The fourth-order valence-corrected chi connectivity index (χ4v) is 2.50. The van der Waals surface area contributed by atoms with E-state index in [0.29, 0.717) is 10.7 Å². The van der Waals surface area contributed by atoms with Crippen LogP contribution in [0.1, 0.15) is 17.0 Å². The molecule has 0 saturated carbocycles. The van der Waals surface area contributed by atoms with Crippen molar-refractivity contribution in [2.24, 2.45) is 7.05 Å². The SMILES string of the molecule is Cc1nn(C)c(C)c1/C=C/C(=O)OCC(=O)Nc1cccc(Cl)c1Cl. The molecule has 0 aliphatic heterocycles. The van der Waals surface area contributed by atoms with E-state index in [0.717, 1.165) is 17.0 Å². The Morgan fingerprint density at radius 2 is 2.04 bits per heavy atom. The molecule has 8 heteroatoms. The second-order valence-corrected chi connectivity index (χ2v) is 6.08. The van der Waals surface area contributed by atoms with Crippen LogP contribution in [0.3, 0.4) is 0 Å². The molecule has 0 atom stereocenters. The van der Waals surface area contributed by atoms with Crippen molar-refractivity contribution in [2.75, 3.05) is 11.9 Å². The van der Waals surface area contributed by atoms with Gasteiger partial charge < -0.3 is 10.1 Å². The zero-order valence-corrected chi connectivity index (χ0v) is 15.5. The van der Waals surface area contributed by atoms with E-state index in [-0.39, 0.29) is 5.02 Å². The van der Waals surface area contributed by atoms with Gasteiger partial charge in [0.2, 0.25) is 0 Å². The van der Waals surface area contributed by atoms with E-state index in [9.17, 15) is 9.59 Å². The van der Waals surface area contributed by atoms with Crippen molar-refractivity contribution in [3.8, 4) is 0 Å². The maximum atomic E-state index is 11.8. The number of ether oxygens (including phenoxy) is 1. The molecule has 0 aliphatic carbocycles. The fourth-order valence-electron chi connectivity index (χ4n) is 2.15. The van der Waals surface area contributed by atoms with Gasteiger partial charge in [-0.25, -0.2) is 4.79 Å². The van der Waals surface area contributed by atoms with E-state index < -0.39 is 18.5 Å². The summed E-state index contributed by atoms with van der Waals surface area (Å²) in [6, 6.07) is 4.85. The van der Waals surface area contributed by atoms with Gasteiger partial charge in [-0.15, -0.1) is 0 Å². The van der Waals surface area contributed by atoms with Crippen molar-refractivity contribution in [3.63, 3.8) is 0 Å². The smallest absolute Gasteiger partial charge is 0.331 e. The normalized spacial score (nSPS) is 10.9. The van der Waals surface area contributed by atoms with Crippen LogP contribution in [0.5, 0.6) is 0 Å². The summed E-state index contributed by atoms with van der Waals surface area (Å²) in [6.07, 6.45) is 2.88. The van der Waals surface area contributed by atoms with Crippen molar-refractivity contribution >= 4 is 46.8 Å². The van der Waals surface area contributed by atoms with Gasteiger partial charge in [0.25, 0.3) is 5.91 Å². The molecule has 1 aromatic heterocycles. The molecule has 0 aliphatic rings. The number of esters is 1. The number of carbonyl (C=O) groups is 2. The number of amides is 1. The van der Waals surface area contributed by atoms with Crippen LogP contribution in [0.4, 0.5) is 5.69 Å². The first kappa shape index (κ1) is 19.0. The molecule has 25 heavy (non-hydrogen) atoms. The highest BCUT2D eigenvalue weighted by Crippen LogP contribution is 2.29. The molecule has 0 saturated heterocycles. The summed E-state index contributed by atoms with van der Waals surface area (Å²) in [5.41, 5.74) is 2.93. The third-order valence-electron chi connectivity index (χ3n) is 3.52. The number of hydrogen-bond acceptors (Lipinski definition) is 4. The summed E-state index contributed by atoms with van der Waals surface area (Å²) in [5, 5.41) is 7.33. The van der Waals surface area contributed by atoms with Crippen molar-refractivity contribution in [3.05, 3.63) is 51.3 Å². The summed E-state index contributed by atoms with van der Waals surface area (Å²) < 4.78 is 6.64. The number of hydrogen-bond donors (Lipinski definition) is 1. The average Bonchev–Trinajstić information content (AvgIpc) is 2.80. The van der Waals surface area contributed by atoms with E-state index in [1.807, 2.05) is 20.9 Å². The lowest BCUT2D eigenvalue weighted by Crippen LogP contribution is -2.20. The molecule has 1 amide bonds. The molecule has 0 bridgehead atoms. The first-order valence-corrected chi connectivity index (χ1v) is 8.14. The number of aryl methyl sites for hydroxylation is 2. The van der Waals surface area contributed by atoms with E-state index in [1.165, 1.54) is 6.08 Å². The molecule has 1 aromatic carbocycles. The Hall–Kier alpha value is -2.31. The summed E-state index contributed by atoms with van der Waals surface area (Å²) in [5.74, 6) is -1.14. The van der Waals surface area contributed by atoms with E-state index >= 15 is 0 Å². The first-order chi connectivity index (χ1) is 11.8. The molecule has 132 valence electrons. The van der Waals surface area contributed by atoms with Crippen LogP contribution in [-0.2, 0) is 21.4 Å². The minimum Gasteiger partial charge on any atom is -0.452 e. The minimum absolute atomic E-state index is 0.228. The van der Waals surface area contributed by atoms with Gasteiger partial charge in [0, 0.05) is 24.4 Å². The van der Waals surface area contributed by atoms with Crippen LogP contribution in [-0.4, -0.2) is 28.3 Å². The summed E-state index contributed by atoms with van der Waals surface area (Å²) in [4.78, 5) is 23.6. The number of aromatic nitrogens is 2. The highest BCUT2D eigenvalue weighted by atomic mass is 35.5. The Labute approximate surface area is 155 Å². The summed E-state index contributed by atoms with van der Waals surface area (Å²) in [7, 11) is 1.82. The monoisotopic (exact) mass is 381 g/mol. The number of anilines is 1. The van der Waals surface area contributed by atoms with E-state index in [1.54, 1.807) is 29.0 Å². The molecule has 1 N–H and O–H groups in total. The van der Waals surface area contributed by atoms with Crippen molar-refractivity contribution < 1.29 is 14.3 Å².